The van der Waals surface area contributed by atoms with Gasteiger partial charge in [-0.05, 0) is 19.8 Å². The van der Waals surface area contributed by atoms with Crippen LogP contribution in [0.4, 0.5) is 0 Å². The molecule has 14 heavy (non-hydrogen) atoms. The zero-order valence-electron chi connectivity index (χ0n) is 8.62. The van der Waals surface area contributed by atoms with Crippen molar-refractivity contribution in [2.75, 3.05) is 6.54 Å². The Bertz CT molecular complexity index is 294. The lowest BCUT2D eigenvalue weighted by Crippen LogP contribution is -2.49. The molecule has 0 aromatic heterocycles. The van der Waals surface area contributed by atoms with Crippen LogP contribution in [0, 0.1) is 17.2 Å². The molecule has 1 saturated heterocycles. The molecule has 2 rings (SSSR count). The summed E-state index contributed by atoms with van der Waals surface area (Å²) in [6.45, 7) is 2.65. The Hall–Kier alpha value is -1.04. The summed E-state index contributed by atoms with van der Waals surface area (Å²) in [5.41, 5.74) is -0.440. The van der Waals surface area contributed by atoms with Gasteiger partial charge in [-0.1, -0.05) is 12.8 Å². The van der Waals surface area contributed by atoms with Gasteiger partial charge in [0.15, 0.2) is 0 Å². The fourth-order valence-corrected chi connectivity index (χ4v) is 3.06. The normalized spacial score (nSPS) is 36.7. The molecule has 1 aliphatic heterocycles. The Morgan fingerprint density at radius 3 is 3.07 bits per heavy atom. The van der Waals surface area contributed by atoms with Crippen LogP contribution in [0.3, 0.4) is 0 Å². The van der Waals surface area contributed by atoms with Crippen LogP contribution in [0.5, 0.6) is 0 Å². The third-order valence-electron chi connectivity index (χ3n) is 3.75. The number of likely N-dealkylation sites (tertiary alicyclic amines) is 1. The van der Waals surface area contributed by atoms with Gasteiger partial charge >= 0.3 is 0 Å². The number of nitrogens with zero attached hydrogens (tertiary/aromatic N) is 2. The van der Waals surface area contributed by atoms with Gasteiger partial charge in [-0.3, -0.25) is 4.79 Å². The molecule has 1 aliphatic carbocycles. The van der Waals surface area contributed by atoms with Gasteiger partial charge in [0.05, 0.1) is 6.07 Å². The molecule has 3 heteroatoms. The maximum atomic E-state index is 11.7. The largest absolute Gasteiger partial charge is 0.324 e. The molecule has 76 valence electrons. The highest BCUT2D eigenvalue weighted by Crippen LogP contribution is 2.45. The van der Waals surface area contributed by atoms with E-state index in [0.29, 0.717) is 18.9 Å². The first kappa shape index (κ1) is 9.51. The van der Waals surface area contributed by atoms with Crippen molar-refractivity contribution >= 4 is 5.91 Å². The molecule has 0 bridgehead atoms. The Kier molecular flexibility index (Phi) is 2.22. The number of hydrogen-bond donors (Lipinski definition) is 0. The molecule has 0 unspecified atom stereocenters. The number of carbonyl (C=O) groups excluding carboxylic acids is 1. The van der Waals surface area contributed by atoms with Gasteiger partial charge in [0.2, 0.25) is 5.91 Å². The highest BCUT2D eigenvalue weighted by Gasteiger charge is 2.53. The highest BCUT2D eigenvalue weighted by atomic mass is 16.2. The number of fused-ring (bicyclic) bond motifs is 1. The van der Waals surface area contributed by atoms with Gasteiger partial charge in [-0.25, -0.2) is 0 Å². The number of carbonyl (C=O) groups is 1. The van der Waals surface area contributed by atoms with Crippen LogP contribution in [0.1, 0.15) is 39.0 Å². The molecule has 1 heterocycles. The topological polar surface area (TPSA) is 44.1 Å². The maximum Gasteiger partial charge on any atom is 0.224 e. The smallest absolute Gasteiger partial charge is 0.224 e. The van der Waals surface area contributed by atoms with Gasteiger partial charge < -0.3 is 4.90 Å². The second-order valence-corrected chi connectivity index (χ2v) is 4.32. The maximum absolute atomic E-state index is 11.7. The van der Waals surface area contributed by atoms with Gasteiger partial charge in [0.25, 0.3) is 0 Å². The zero-order valence-corrected chi connectivity index (χ0v) is 8.62. The number of hydrogen-bond acceptors (Lipinski definition) is 2. The van der Waals surface area contributed by atoms with Crippen molar-refractivity contribution in [2.45, 2.75) is 44.6 Å². The molecule has 1 saturated carbocycles. The SMILES string of the molecule is CCN1C(=O)C[C@H]2CCCC[C@]21C#N. The number of amides is 1. The molecular formula is C11H16N2O. The van der Waals surface area contributed by atoms with Crippen molar-refractivity contribution in [3.8, 4) is 6.07 Å². The van der Waals surface area contributed by atoms with E-state index in [9.17, 15) is 10.1 Å². The third-order valence-corrected chi connectivity index (χ3v) is 3.75. The summed E-state index contributed by atoms with van der Waals surface area (Å²) < 4.78 is 0. The summed E-state index contributed by atoms with van der Waals surface area (Å²) in [4.78, 5) is 13.5. The lowest BCUT2D eigenvalue weighted by Gasteiger charge is -2.38. The summed E-state index contributed by atoms with van der Waals surface area (Å²) in [7, 11) is 0. The van der Waals surface area contributed by atoms with E-state index in [2.05, 4.69) is 6.07 Å². The Balaban J connectivity index is 2.35. The number of nitriles is 1. The molecular weight excluding hydrogens is 176 g/mol. The first-order chi connectivity index (χ1) is 6.74. The minimum Gasteiger partial charge on any atom is -0.324 e. The van der Waals surface area contributed by atoms with E-state index in [4.69, 9.17) is 0 Å². The van der Waals surface area contributed by atoms with E-state index in [-0.39, 0.29) is 5.91 Å². The van der Waals surface area contributed by atoms with Crippen LogP contribution in [0.25, 0.3) is 0 Å². The van der Waals surface area contributed by atoms with E-state index in [1.165, 1.54) is 6.42 Å². The predicted octanol–water partition coefficient (Wildman–Crippen LogP) is 1.69. The molecule has 3 nitrogen and oxygen atoms in total. The van der Waals surface area contributed by atoms with Crippen LogP contribution >= 0.6 is 0 Å². The predicted molar refractivity (Wildman–Crippen MR) is 52.3 cm³/mol. The lowest BCUT2D eigenvalue weighted by molar-refractivity contribution is -0.130. The average molecular weight is 192 g/mol. The molecule has 2 aliphatic rings. The molecule has 0 aromatic rings. The van der Waals surface area contributed by atoms with Crippen LogP contribution in [0.2, 0.25) is 0 Å². The standard InChI is InChI=1S/C11H16N2O/c1-2-13-10(14)7-9-5-3-4-6-11(9,13)8-12/h9H,2-7H2,1H3/t9-,11+/m1/s1. The van der Waals surface area contributed by atoms with Gasteiger partial charge in [0.1, 0.15) is 5.54 Å². The van der Waals surface area contributed by atoms with Crippen molar-refractivity contribution in [1.82, 2.24) is 4.90 Å². The first-order valence-electron chi connectivity index (χ1n) is 5.46. The lowest BCUT2D eigenvalue weighted by atomic mass is 9.74. The van der Waals surface area contributed by atoms with Crippen molar-refractivity contribution < 1.29 is 4.79 Å². The minimum atomic E-state index is -0.440. The van der Waals surface area contributed by atoms with E-state index in [1.54, 1.807) is 4.90 Å². The van der Waals surface area contributed by atoms with Crippen LogP contribution < -0.4 is 0 Å². The second kappa shape index (κ2) is 3.27. The van der Waals surface area contributed by atoms with Crippen LogP contribution in [-0.4, -0.2) is 22.9 Å². The number of rotatable bonds is 1. The monoisotopic (exact) mass is 192 g/mol. The fraction of sp³-hybridized carbons (Fsp3) is 0.818. The van der Waals surface area contributed by atoms with Gasteiger partial charge in [-0.15, -0.1) is 0 Å². The minimum absolute atomic E-state index is 0.181. The first-order valence-corrected chi connectivity index (χ1v) is 5.46. The van der Waals surface area contributed by atoms with Crippen LogP contribution in [-0.2, 0) is 4.79 Å². The van der Waals surface area contributed by atoms with Gasteiger partial charge in [-0.2, -0.15) is 5.26 Å². The van der Waals surface area contributed by atoms with Crippen molar-refractivity contribution in [3.63, 3.8) is 0 Å². The molecule has 2 atom stereocenters. The summed E-state index contributed by atoms with van der Waals surface area (Å²) in [6.07, 6.45) is 4.80. The molecule has 2 fully saturated rings. The summed E-state index contributed by atoms with van der Waals surface area (Å²) in [6, 6.07) is 2.42. The Morgan fingerprint density at radius 1 is 1.64 bits per heavy atom. The second-order valence-electron chi connectivity index (χ2n) is 4.32. The van der Waals surface area contributed by atoms with Crippen LogP contribution in [0.15, 0.2) is 0 Å². The molecule has 1 amide bonds. The van der Waals surface area contributed by atoms with Gasteiger partial charge in [0, 0.05) is 18.9 Å². The fourth-order valence-electron chi connectivity index (χ4n) is 3.06. The van der Waals surface area contributed by atoms with Crippen molar-refractivity contribution in [2.24, 2.45) is 5.92 Å². The molecule has 0 radical (unpaired) electrons. The molecule has 0 aromatic carbocycles. The molecule has 0 spiro atoms. The highest BCUT2D eigenvalue weighted by molar-refractivity contribution is 5.81. The summed E-state index contributed by atoms with van der Waals surface area (Å²) in [5, 5.41) is 9.33. The Morgan fingerprint density at radius 2 is 2.43 bits per heavy atom. The molecule has 0 N–H and O–H groups in total. The third kappa shape index (κ3) is 1.06. The van der Waals surface area contributed by atoms with E-state index >= 15 is 0 Å². The van der Waals surface area contributed by atoms with E-state index in [0.717, 1.165) is 19.3 Å². The van der Waals surface area contributed by atoms with E-state index in [1.807, 2.05) is 6.92 Å². The summed E-state index contributed by atoms with van der Waals surface area (Å²) in [5.74, 6) is 0.481. The summed E-state index contributed by atoms with van der Waals surface area (Å²) >= 11 is 0. The average Bonchev–Trinajstić information content (AvgIpc) is 2.49. The van der Waals surface area contributed by atoms with Crippen molar-refractivity contribution in [1.29, 1.82) is 5.26 Å². The quantitative estimate of drug-likeness (QED) is 0.634. The zero-order chi connectivity index (χ0) is 10.2. The Labute approximate surface area is 84.7 Å². The van der Waals surface area contributed by atoms with E-state index < -0.39 is 5.54 Å². The van der Waals surface area contributed by atoms with Crippen molar-refractivity contribution in [3.05, 3.63) is 0 Å².